The number of pyridine rings is 1. The molecule has 3 nitrogen and oxygen atoms in total. The lowest BCUT2D eigenvalue weighted by atomic mass is 9.92. The molecule has 1 atom stereocenters. The predicted molar refractivity (Wildman–Crippen MR) is 74.8 cm³/mol. The van der Waals surface area contributed by atoms with Gasteiger partial charge in [0.2, 0.25) is 0 Å². The predicted octanol–water partition coefficient (Wildman–Crippen LogP) is 3.80. The summed E-state index contributed by atoms with van der Waals surface area (Å²) in [4.78, 5) is 15.3. The molecule has 1 aromatic heterocycles. The molecule has 1 heterocycles. The summed E-state index contributed by atoms with van der Waals surface area (Å²) in [5.74, 6) is -1.68. The zero-order chi connectivity index (χ0) is 13.8. The van der Waals surface area contributed by atoms with Crippen molar-refractivity contribution in [3.05, 3.63) is 63.9 Å². The first-order chi connectivity index (χ1) is 9.09. The highest BCUT2D eigenvalue weighted by atomic mass is 35.5. The molecule has 0 aliphatic carbocycles. The Morgan fingerprint density at radius 3 is 2.58 bits per heavy atom. The highest BCUT2D eigenvalue weighted by Crippen LogP contribution is 2.29. The molecule has 1 aromatic carbocycles. The van der Waals surface area contributed by atoms with Crippen LogP contribution in [0.5, 0.6) is 0 Å². The molecule has 0 saturated heterocycles. The number of aliphatic carboxylic acids is 1. The first kappa shape index (κ1) is 13.8. The Hall–Kier alpha value is -1.58. The number of carboxylic acid groups (broad SMARTS) is 1. The van der Waals surface area contributed by atoms with Crippen LogP contribution in [0.4, 0.5) is 0 Å². The molecule has 1 N–H and O–H groups in total. The number of hydrogen-bond donors (Lipinski definition) is 1. The maximum absolute atomic E-state index is 11.4. The van der Waals surface area contributed by atoms with Crippen LogP contribution in [-0.2, 0) is 11.2 Å². The second-order valence-electron chi connectivity index (χ2n) is 4.08. The van der Waals surface area contributed by atoms with Gasteiger partial charge in [-0.05, 0) is 29.7 Å². The minimum absolute atomic E-state index is 0.290. The van der Waals surface area contributed by atoms with Gasteiger partial charge in [0.1, 0.15) is 0 Å². The molecule has 0 radical (unpaired) electrons. The molecule has 0 spiro atoms. The van der Waals surface area contributed by atoms with Gasteiger partial charge in [-0.3, -0.25) is 9.78 Å². The third-order valence-corrected chi connectivity index (χ3v) is 3.54. The fourth-order valence-corrected chi connectivity index (χ4v) is 2.35. The number of aromatic nitrogens is 1. The molecule has 98 valence electrons. The molecule has 19 heavy (non-hydrogen) atoms. The Balaban J connectivity index is 2.35. The van der Waals surface area contributed by atoms with E-state index in [1.165, 1.54) is 12.4 Å². The standard InChI is InChI=1S/C14H11Cl2NO2/c15-12-4-2-1-3-9(12)7-11(14(18)19)10-5-6-17-8-13(10)16/h1-6,8,11H,7H2,(H,18,19). The number of rotatable bonds is 4. The Morgan fingerprint density at radius 1 is 1.21 bits per heavy atom. The van der Waals surface area contributed by atoms with Gasteiger partial charge in [0.25, 0.3) is 0 Å². The third kappa shape index (κ3) is 3.25. The molecule has 2 aromatic rings. The number of halogens is 2. The zero-order valence-electron chi connectivity index (χ0n) is 9.88. The van der Waals surface area contributed by atoms with E-state index in [2.05, 4.69) is 4.98 Å². The topological polar surface area (TPSA) is 50.2 Å². The largest absolute Gasteiger partial charge is 0.481 e. The summed E-state index contributed by atoms with van der Waals surface area (Å²) in [6, 6.07) is 8.81. The van der Waals surface area contributed by atoms with Crippen molar-refractivity contribution in [2.75, 3.05) is 0 Å². The number of carboxylic acids is 1. The fraction of sp³-hybridized carbons (Fsp3) is 0.143. The Bertz CT molecular complexity index is 602. The maximum Gasteiger partial charge on any atom is 0.311 e. The molecule has 1 unspecified atom stereocenters. The maximum atomic E-state index is 11.4. The second-order valence-corrected chi connectivity index (χ2v) is 4.90. The van der Waals surface area contributed by atoms with Crippen molar-refractivity contribution in [2.45, 2.75) is 12.3 Å². The van der Waals surface area contributed by atoms with Crippen molar-refractivity contribution in [3.63, 3.8) is 0 Å². The number of hydrogen-bond acceptors (Lipinski definition) is 2. The van der Waals surface area contributed by atoms with Gasteiger partial charge in [0.05, 0.1) is 10.9 Å². The molecule has 0 saturated carbocycles. The number of benzene rings is 1. The lowest BCUT2D eigenvalue weighted by molar-refractivity contribution is -0.138. The summed E-state index contributed by atoms with van der Waals surface area (Å²) >= 11 is 12.1. The van der Waals surface area contributed by atoms with Crippen molar-refractivity contribution >= 4 is 29.2 Å². The molecule has 0 aliphatic rings. The zero-order valence-corrected chi connectivity index (χ0v) is 11.4. The summed E-state index contributed by atoms with van der Waals surface area (Å²) < 4.78 is 0. The van der Waals surface area contributed by atoms with E-state index in [0.29, 0.717) is 22.0 Å². The van der Waals surface area contributed by atoms with Gasteiger partial charge in [-0.25, -0.2) is 0 Å². The lowest BCUT2D eigenvalue weighted by Gasteiger charge is -2.14. The molecular formula is C14H11Cl2NO2. The van der Waals surface area contributed by atoms with Gasteiger partial charge < -0.3 is 5.11 Å². The molecule has 2 rings (SSSR count). The second kappa shape index (κ2) is 6.04. The van der Waals surface area contributed by atoms with Crippen LogP contribution in [0.3, 0.4) is 0 Å². The van der Waals surface area contributed by atoms with E-state index in [9.17, 15) is 9.90 Å². The van der Waals surface area contributed by atoms with Crippen LogP contribution in [0.1, 0.15) is 17.0 Å². The Kier molecular flexibility index (Phi) is 4.40. The van der Waals surface area contributed by atoms with E-state index >= 15 is 0 Å². The quantitative estimate of drug-likeness (QED) is 0.933. The van der Waals surface area contributed by atoms with Crippen molar-refractivity contribution in [2.24, 2.45) is 0 Å². The first-order valence-electron chi connectivity index (χ1n) is 5.65. The first-order valence-corrected chi connectivity index (χ1v) is 6.41. The monoisotopic (exact) mass is 295 g/mol. The van der Waals surface area contributed by atoms with E-state index in [1.54, 1.807) is 18.2 Å². The third-order valence-electron chi connectivity index (χ3n) is 2.86. The molecule has 0 fully saturated rings. The van der Waals surface area contributed by atoms with Gasteiger partial charge in [-0.1, -0.05) is 41.4 Å². The summed E-state index contributed by atoms with van der Waals surface area (Å²) in [7, 11) is 0. The number of carbonyl (C=O) groups is 1. The molecule has 0 bridgehead atoms. The van der Waals surface area contributed by atoms with Crippen molar-refractivity contribution in [3.8, 4) is 0 Å². The molecular weight excluding hydrogens is 285 g/mol. The summed E-state index contributed by atoms with van der Waals surface area (Å²) in [6.07, 6.45) is 3.27. The van der Waals surface area contributed by atoms with Gasteiger partial charge in [-0.15, -0.1) is 0 Å². The van der Waals surface area contributed by atoms with Gasteiger partial charge in [0.15, 0.2) is 0 Å². The van der Waals surface area contributed by atoms with Crippen LogP contribution in [-0.4, -0.2) is 16.1 Å². The van der Waals surface area contributed by atoms with Crippen LogP contribution >= 0.6 is 23.2 Å². The Labute approximate surface area is 120 Å². The Morgan fingerprint density at radius 2 is 1.95 bits per heavy atom. The van der Waals surface area contributed by atoms with Crippen molar-refractivity contribution in [1.29, 1.82) is 0 Å². The summed E-state index contributed by atoms with van der Waals surface area (Å²) in [6.45, 7) is 0. The summed E-state index contributed by atoms with van der Waals surface area (Å²) in [5.41, 5.74) is 1.33. The minimum atomic E-state index is -0.937. The van der Waals surface area contributed by atoms with Crippen LogP contribution in [0, 0.1) is 0 Å². The fourth-order valence-electron chi connectivity index (χ4n) is 1.88. The van der Waals surface area contributed by atoms with Crippen molar-refractivity contribution in [1.82, 2.24) is 4.98 Å². The lowest BCUT2D eigenvalue weighted by Crippen LogP contribution is -2.15. The highest BCUT2D eigenvalue weighted by Gasteiger charge is 2.23. The SMILES string of the molecule is O=C(O)C(Cc1ccccc1Cl)c1ccncc1Cl. The van der Waals surface area contributed by atoms with Gasteiger partial charge >= 0.3 is 5.97 Å². The van der Waals surface area contributed by atoms with E-state index < -0.39 is 11.9 Å². The summed E-state index contributed by atoms with van der Waals surface area (Å²) in [5, 5.41) is 10.3. The average Bonchev–Trinajstić information content (AvgIpc) is 2.38. The van der Waals surface area contributed by atoms with E-state index in [1.807, 2.05) is 12.1 Å². The molecule has 5 heteroatoms. The van der Waals surface area contributed by atoms with E-state index in [4.69, 9.17) is 23.2 Å². The van der Waals surface area contributed by atoms with E-state index in [-0.39, 0.29) is 0 Å². The number of nitrogens with zero attached hydrogens (tertiary/aromatic N) is 1. The van der Waals surface area contributed by atoms with Crippen LogP contribution in [0.15, 0.2) is 42.7 Å². The van der Waals surface area contributed by atoms with Gasteiger partial charge in [-0.2, -0.15) is 0 Å². The normalized spacial score (nSPS) is 12.1. The molecule has 0 amide bonds. The average molecular weight is 296 g/mol. The van der Waals surface area contributed by atoms with Crippen LogP contribution in [0.25, 0.3) is 0 Å². The van der Waals surface area contributed by atoms with Crippen LogP contribution < -0.4 is 0 Å². The van der Waals surface area contributed by atoms with Gasteiger partial charge in [0, 0.05) is 17.4 Å². The minimum Gasteiger partial charge on any atom is -0.481 e. The van der Waals surface area contributed by atoms with E-state index in [0.717, 1.165) is 5.56 Å². The highest BCUT2D eigenvalue weighted by molar-refractivity contribution is 6.32. The van der Waals surface area contributed by atoms with Crippen LogP contribution in [0.2, 0.25) is 10.0 Å². The molecule has 0 aliphatic heterocycles. The van der Waals surface area contributed by atoms with Crippen molar-refractivity contribution < 1.29 is 9.90 Å². The smallest absolute Gasteiger partial charge is 0.311 e.